The molecule has 1 aromatic rings. The van der Waals surface area contributed by atoms with Crippen molar-refractivity contribution in [2.45, 2.75) is 38.3 Å². The molecule has 1 aromatic carbocycles. The summed E-state index contributed by atoms with van der Waals surface area (Å²) in [5.41, 5.74) is 2.16. The number of rotatable bonds is 3. The fourth-order valence-corrected chi connectivity index (χ4v) is 3.49. The van der Waals surface area contributed by atoms with Crippen LogP contribution in [0.1, 0.15) is 25.3 Å². The number of likely N-dealkylation sites (tertiary alicyclic amines) is 1. The first kappa shape index (κ1) is 14.1. The summed E-state index contributed by atoms with van der Waals surface area (Å²) < 4.78 is 0. The van der Waals surface area contributed by atoms with Crippen molar-refractivity contribution in [1.29, 1.82) is 0 Å². The fraction of sp³-hybridized carbons (Fsp3) is 0.500. The number of carboxylic acids is 1. The Morgan fingerprint density at radius 3 is 2.86 bits per heavy atom. The molecule has 0 radical (unpaired) electrons. The van der Waals surface area contributed by atoms with Crippen LogP contribution >= 0.6 is 0 Å². The SMILES string of the molecule is CC1Cc2ccccc2N1C(=O)CN1CCC[C@H]1C(=O)O. The Balaban J connectivity index is 1.75. The summed E-state index contributed by atoms with van der Waals surface area (Å²) in [6.45, 7) is 2.92. The van der Waals surface area contributed by atoms with Crippen molar-refractivity contribution in [3.8, 4) is 0 Å². The summed E-state index contributed by atoms with van der Waals surface area (Å²) in [6.07, 6.45) is 2.34. The van der Waals surface area contributed by atoms with Crippen LogP contribution in [0.4, 0.5) is 5.69 Å². The van der Waals surface area contributed by atoms with Crippen LogP contribution in [0.5, 0.6) is 0 Å². The number of hydrogen-bond donors (Lipinski definition) is 1. The second kappa shape index (κ2) is 5.48. The van der Waals surface area contributed by atoms with E-state index in [1.807, 2.05) is 30.0 Å². The number of amides is 1. The van der Waals surface area contributed by atoms with E-state index in [2.05, 4.69) is 6.07 Å². The molecule has 2 atom stereocenters. The lowest BCUT2D eigenvalue weighted by atomic mass is 10.1. The standard InChI is InChI=1S/C16H20N2O3/c1-11-9-12-5-2-3-6-13(12)18(11)15(19)10-17-8-4-7-14(17)16(20)21/h2-3,5-6,11,14H,4,7-10H2,1H3,(H,20,21)/t11?,14-/m0/s1. The van der Waals surface area contributed by atoms with Gasteiger partial charge in [-0.3, -0.25) is 14.5 Å². The Morgan fingerprint density at radius 2 is 2.10 bits per heavy atom. The Bertz CT molecular complexity index is 572. The van der Waals surface area contributed by atoms with Gasteiger partial charge in [0.15, 0.2) is 0 Å². The molecule has 112 valence electrons. The predicted octanol–water partition coefficient (Wildman–Crippen LogP) is 1.51. The first-order chi connectivity index (χ1) is 10.1. The lowest BCUT2D eigenvalue weighted by Gasteiger charge is -2.27. The zero-order chi connectivity index (χ0) is 15.0. The van der Waals surface area contributed by atoms with Gasteiger partial charge in [0.05, 0.1) is 6.54 Å². The number of aliphatic carboxylic acids is 1. The molecule has 2 aliphatic rings. The van der Waals surface area contributed by atoms with E-state index in [-0.39, 0.29) is 18.5 Å². The summed E-state index contributed by atoms with van der Waals surface area (Å²) in [6, 6.07) is 7.57. The fourth-order valence-electron chi connectivity index (χ4n) is 3.49. The average Bonchev–Trinajstić information content (AvgIpc) is 3.01. The maximum atomic E-state index is 12.6. The van der Waals surface area contributed by atoms with Crippen LogP contribution in [-0.2, 0) is 16.0 Å². The van der Waals surface area contributed by atoms with Crippen molar-refractivity contribution in [3.63, 3.8) is 0 Å². The molecule has 0 aliphatic carbocycles. The van der Waals surface area contributed by atoms with Gasteiger partial charge >= 0.3 is 5.97 Å². The number of hydrogen-bond acceptors (Lipinski definition) is 3. The molecule has 0 saturated carbocycles. The average molecular weight is 288 g/mol. The molecule has 0 aromatic heterocycles. The second-order valence-corrected chi connectivity index (χ2v) is 5.91. The lowest BCUT2D eigenvalue weighted by molar-refractivity contribution is -0.142. The first-order valence-electron chi connectivity index (χ1n) is 7.44. The number of para-hydroxylation sites is 1. The maximum Gasteiger partial charge on any atom is 0.320 e. The minimum Gasteiger partial charge on any atom is -0.480 e. The highest BCUT2D eigenvalue weighted by Gasteiger charge is 2.36. The minimum absolute atomic E-state index is 0.000556. The van der Waals surface area contributed by atoms with Gasteiger partial charge in [-0.05, 0) is 44.4 Å². The largest absolute Gasteiger partial charge is 0.480 e. The molecule has 1 amide bonds. The van der Waals surface area contributed by atoms with E-state index in [1.165, 1.54) is 5.56 Å². The van der Waals surface area contributed by atoms with E-state index in [1.54, 1.807) is 4.90 Å². The number of carbonyl (C=O) groups excluding carboxylic acids is 1. The molecule has 1 unspecified atom stereocenters. The molecule has 2 heterocycles. The molecule has 1 fully saturated rings. The van der Waals surface area contributed by atoms with Gasteiger partial charge in [-0.1, -0.05) is 18.2 Å². The zero-order valence-corrected chi connectivity index (χ0v) is 12.2. The van der Waals surface area contributed by atoms with E-state index in [4.69, 9.17) is 0 Å². The summed E-state index contributed by atoms with van der Waals surface area (Å²) in [4.78, 5) is 27.5. The van der Waals surface area contributed by atoms with Gasteiger partial charge < -0.3 is 10.0 Å². The van der Waals surface area contributed by atoms with Crippen LogP contribution in [-0.4, -0.2) is 47.1 Å². The first-order valence-corrected chi connectivity index (χ1v) is 7.44. The molecular formula is C16H20N2O3. The molecule has 5 heteroatoms. The molecule has 1 saturated heterocycles. The molecule has 21 heavy (non-hydrogen) atoms. The van der Waals surface area contributed by atoms with Gasteiger partial charge in [0.25, 0.3) is 0 Å². The number of benzene rings is 1. The van der Waals surface area contributed by atoms with Gasteiger partial charge in [0, 0.05) is 11.7 Å². The highest BCUT2D eigenvalue weighted by Crippen LogP contribution is 2.32. The van der Waals surface area contributed by atoms with Crippen LogP contribution in [0.2, 0.25) is 0 Å². The van der Waals surface area contributed by atoms with Crippen LogP contribution in [0, 0.1) is 0 Å². The molecule has 1 N–H and O–H groups in total. The number of fused-ring (bicyclic) bond motifs is 1. The summed E-state index contributed by atoms with van der Waals surface area (Å²) in [5, 5.41) is 9.21. The van der Waals surface area contributed by atoms with Gasteiger partial charge in [-0.25, -0.2) is 0 Å². The third kappa shape index (κ3) is 2.53. The van der Waals surface area contributed by atoms with Crippen molar-refractivity contribution in [2.75, 3.05) is 18.0 Å². The van der Waals surface area contributed by atoms with Crippen molar-refractivity contribution in [2.24, 2.45) is 0 Å². The second-order valence-electron chi connectivity index (χ2n) is 5.91. The van der Waals surface area contributed by atoms with Crippen LogP contribution in [0.15, 0.2) is 24.3 Å². The Hall–Kier alpha value is -1.88. The monoisotopic (exact) mass is 288 g/mol. The normalized spacial score (nSPS) is 25.1. The van der Waals surface area contributed by atoms with Gasteiger partial charge in [-0.2, -0.15) is 0 Å². The van der Waals surface area contributed by atoms with E-state index >= 15 is 0 Å². The molecule has 0 spiro atoms. The van der Waals surface area contributed by atoms with E-state index in [0.717, 1.165) is 18.5 Å². The quantitative estimate of drug-likeness (QED) is 0.916. The Labute approximate surface area is 124 Å². The zero-order valence-electron chi connectivity index (χ0n) is 12.2. The van der Waals surface area contributed by atoms with Crippen molar-refractivity contribution in [1.82, 2.24) is 4.90 Å². The number of anilines is 1. The van der Waals surface area contributed by atoms with Crippen molar-refractivity contribution in [3.05, 3.63) is 29.8 Å². The predicted molar refractivity (Wildman–Crippen MR) is 79.3 cm³/mol. The van der Waals surface area contributed by atoms with Crippen LogP contribution in [0.25, 0.3) is 0 Å². The van der Waals surface area contributed by atoms with Crippen LogP contribution < -0.4 is 4.90 Å². The third-order valence-corrected chi connectivity index (χ3v) is 4.46. The highest BCUT2D eigenvalue weighted by atomic mass is 16.4. The lowest BCUT2D eigenvalue weighted by Crippen LogP contribution is -2.46. The number of carbonyl (C=O) groups is 2. The topological polar surface area (TPSA) is 60.9 Å². The molecular weight excluding hydrogens is 268 g/mol. The van der Waals surface area contributed by atoms with Crippen molar-refractivity contribution >= 4 is 17.6 Å². The smallest absolute Gasteiger partial charge is 0.320 e. The number of nitrogens with zero attached hydrogens (tertiary/aromatic N) is 2. The molecule has 2 aliphatic heterocycles. The highest BCUT2D eigenvalue weighted by molar-refractivity contribution is 5.97. The van der Waals surface area contributed by atoms with Gasteiger partial charge in [0.2, 0.25) is 5.91 Å². The van der Waals surface area contributed by atoms with E-state index < -0.39 is 12.0 Å². The summed E-state index contributed by atoms with van der Waals surface area (Å²) >= 11 is 0. The third-order valence-electron chi connectivity index (χ3n) is 4.46. The summed E-state index contributed by atoms with van der Waals surface area (Å²) in [7, 11) is 0. The van der Waals surface area contributed by atoms with E-state index in [9.17, 15) is 14.7 Å². The van der Waals surface area contributed by atoms with Gasteiger partial charge in [-0.15, -0.1) is 0 Å². The van der Waals surface area contributed by atoms with Crippen LogP contribution in [0.3, 0.4) is 0 Å². The Kier molecular flexibility index (Phi) is 3.68. The van der Waals surface area contributed by atoms with Crippen molar-refractivity contribution < 1.29 is 14.7 Å². The maximum absolute atomic E-state index is 12.6. The number of carboxylic acid groups (broad SMARTS) is 1. The molecule has 3 rings (SSSR count). The molecule has 0 bridgehead atoms. The minimum atomic E-state index is -0.824. The summed E-state index contributed by atoms with van der Waals surface area (Å²) in [5.74, 6) is -0.823. The van der Waals surface area contributed by atoms with E-state index in [0.29, 0.717) is 13.0 Å². The Morgan fingerprint density at radius 1 is 1.33 bits per heavy atom. The molecule has 5 nitrogen and oxygen atoms in total. The van der Waals surface area contributed by atoms with Gasteiger partial charge in [0.1, 0.15) is 6.04 Å².